The standard InChI is InChI=1S/C15H19N3O2S/c1-11(2)18-10-12(9-16-18)17-14-7-8-21(19,20)15-6-4-3-5-13(14)15/h3-6,9-11,14,17H,7-8H2,1-2H3. The van der Waals surface area contributed by atoms with E-state index in [2.05, 4.69) is 24.3 Å². The minimum atomic E-state index is -3.14. The topological polar surface area (TPSA) is 64.0 Å². The van der Waals surface area contributed by atoms with Crippen molar-refractivity contribution in [2.75, 3.05) is 11.1 Å². The van der Waals surface area contributed by atoms with Crippen LogP contribution >= 0.6 is 0 Å². The first-order chi connectivity index (χ1) is 9.97. The molecule has 0 saturated carbocycles. The van der Waals surface area contributed by atoms with E-state index in [-0.39, 0.29) is 11.8 Å². The average molecular weight is 305 g/mol. The Morgan fingerprint density at radius 3 is 2.81 bits per heavy atom. The second kappa shape index (κ2) is 5.18. The predicted octanol–water partition coefficient (Wildman–Crippen LogP) is 2.79. The van der Waals surface area contributed by atoms with Crippen LogP contribution in [0.25, 0.3) is 0 Å². The Balaban J connectivity index is 1.90. The Bertz CT molecular complexity index is 750. The highest BCUT2D eigenvalue weighted by Crippen LogP contribution is 2.34. The van der Waals surface area contributed by atoms with Crippen LogP contribution in [0.4, 0.5) is 5.69 Å². The van der Waals surface area contributed by atoms with Crippen LogP contribution in [0.1, 0.15) is 37.9 Å². The van der Waals surface area contributed by atoms with Crippen molar-refractivity contribution in [3.63, 3.8) is 0 Å². The molecule has 1 aliphatic heterocycles. The molecule has 3 rings (SSSR count). The molecule has 0 spiro atoms. The van der Waals surface area contributed by atoms with Crippen LogP contribution in [0.2, 0.25) is 0 Å². The van der Waals surface area contributed by atoms with Crippen molar-refractivity contribution in [3.05, 3.63) is 42.2 Å². The second-order valence-corrected chi connectivity index (χ2v) is 7.72. The molecule has 0 amide bonds. The van der Waals surface area contributed by atoms with Crippen LogP contribution in [0.3, 0.4) is 0 Å². The third-order valence-corrected chi connectivity index (χ3v) is 5.59. The summed E-state index contributed by atoms with van der Waals surface area (Å²) < 4.78 is 26.1. The molecule has 112 valence electrons. The van der Waals surface area contributed by atoms with E-state index in [1.165, 1.54) is 0 Å². The fourth-order valence-electron chi connectivity index (χ4n) is 2.64. The molecule has 0 saturated heterocycles. The number of hydrogen-bond donors (Lipinski definition) is 1. The van der Waals surface area contributed by atoms with Crippen molar-refractivity contribution in [1.29, 1.82) is 0 Å². The van der Waals surface area contributed by atoms with Crippen LogP contribution in [-0.4, -0.2) is 24.0 Å². The molecular weight excluding hydrogens is 286 g/mol. The Morgan fingerprint density at radius 2 is 2.10 bits per heavy atom. The van der Waals surface area contributed by atoms with E-state index in [1.54, 1.807) is 18.3 Å². The summed E-state index contributed by atoms with van der Waals surface area (Å²) >= 11 is 0. The molecule has 0 bridgehead atoms. The molecule has 0 aliphatic carbocycles. The summed E-state index contributed by atoms with van der Waals surface area (Å²) in [6.45, 7) is 4.14. The Hall–Kier alpha value is -1.82. The van der Waals surface area contributed by atoms with Gasteiger partial charge in [0.1, 0.15) is 0 Å². The second-order valence-electron chi connectivity index (χ2n) is 5.65. The third-order valence-electron chi connectivity index (χ3n) is 3.78. The molecule has 0 radical (unpaired) electrons. The normalized spacial score (nSPS) is 20.2. The highest BCUT2D eigenvalue weighted by molar-refractivity contribution is 7.91. The molecule has 1 unspecified atom stereocenters. The number of sulfone groups is 1. The predicted molar refractivity (Wildman–Crippen MR) is 82.1 cm³/mol. The average Bonchev–Trinajstić information content (AvgIpc) is 2.91. The number of nitrogens with one attached hydrogen (secondary N) is 1. The number of anilines is 1. The summed E-state index contributed by atoms with van der Waals surface area (Å²) in [6.07, 6.45) is 4.31. The van der Waals surface area contributed by atoms with Crippen molar-refractivity contribution in [2.24, 2.45) is 0 Å². The lowest BCUT2D eigenvalue weighted by Crippen LogP contribution is -2.24. The maximum absolute atomic E-state index is 12.1. The van der Waals surface area contributed by atoms with E-state index in [9.17, 15) is 8.42 Å². The zero-order valence-corrected chi connectivity index (χ0v) is 13.0. The van der Waals surface area contributed by atoms with Crippen LogP contribution in [0.15, 0.2) is 41.6 Å². The van der Waals surface area contributed by atoms with Gasteiger partial charge < -0.3 is 5.32 Å². The highest BCUT2D eigenvalue weighted by Gasteiger charge is 2.29. The summed E-state index contributed by atoms with van der Waals surface area (Å²) in [5.41, 5.74) is 1.77. The Kier molecular flexibility index (Phi) is 3.49. The quantitative estimate of drug-likeness (QED) is 0.947. The largest absolute Gasteiger partial charge is 0.376 e. The molecule has 21 heavy (non-hydrogen) atoms. The van der Waals surface area contributed by atoms with Crippen LogP contribution < -0.4 is 5.32 Å². The maximum Gasteiger partial charge on any atom is 0.178 e. The summed E-state index contributed by atoms with van der Waals surface area (Å²) in [4.78, 5) is 0.449. The van der Waals surface area contributed by atoms with Gasteiger partial charge in [0.25, 0.3) is 0 Å². The van der Waals surface area contributed by atoms with Gasteiger partial charge in [-0.1, -0.05) is 18.2 Å². The summed E-state index contributed by atoms with van der Waals surface area (Å²) in [5.74, 6) is 0.181. The zero-order valence-electron chi connectivity index (χ0n) is 12.2. The van der Waals surface area contributed by atoms with E-state index >= 15 is 0 Å². The van der Waals surface area contributed by atoms with Gasteiger partial charge in [-0.15, -0.1) is 0 Å². The SMILES string of the molecule is CC(C)n1cc(NC2CCS(=O)(=O)c3ccccc32)cn1. The van der Waals surface area contributed by atoms with Crippen molar-refractivity contribution < 1.29 is 8.42 Å². The van der Waals surface area contributed by atoms with Crippen LogP contribution in [-0.2, 0) is 9.84 Å². The number of nitrogens with zero attached hydrogens (tertiary/aromatic N) is 2. The smallest absolute Gasteiger partial charge is 0.178 e. The van der Waals surface area contributed by atoms with Crippen molar-refractivity contribution in [2.45, 2.75) is 37.2 Å². The number of fused-ring (bicyclic) bond motifs is 1. The molecule has 0 fully saturated rings. The lowest BCUT2D eigenvalue weighted by Gasteiger charge is -2.26. The van der Waals surface area contributed by atoms with Gasteiger partial charge >= 0.3 is 0 Å². The first-order valence-corrected chi connectivity index (χ1v) is 8.75. The van der Waals surface area contributed by atoms with Gasteiger partial charge in [-0.2, -0.15) is 5.10 Å². The number of aromatic nitrogens is 2. The van der Waals surface area contributed by atoms with Crippen molar-refractivity contribution in [3.8, 4) is 0 Å². The van der Waals surface area contributed by atoms with Crippen LogP contribution in [0, 0.1) is 0 Å². The molecule has 1 aliphatic rings. The monoisotopic (exact) mass is 305 g/mol. The molecule has 1 aromatic heterocycles. The number of hydrogen-bond acceptors (Lipinski definition) is 4. The van der Waals surface area contributed by atoms with Gasteiger partial charge in [-0.05, 0) is 31.9 Å². The molecule has 2 aromatic rings. The molecular formula is C15H19N3O2S. The summed E-state index contributed by atoms with van der Waals surface area (Å²) in [6, 6.07) is 7.54. The Morgan fingerprint density at radius 1 is 1.33 bits per heavy atom. The fraction of sp³-hybridized carbons (Fsp3) is 0.400. The molecule has 1 N–H and O–H groups in total. The molecule has 1 atom stereocenters. The minimum absolute atomic E-state index is 0.00883. The maximum atomic E-state index is 12.1. The first-order valence-electron chi connectivity index (χ1n) is 7.10. The number of benzene rings is 1. The zero-order chi connectivity index (χ0) is 15.0. The Labute approximate surface area is 124 Å². The fourth-order valence-corrected chi connectivity index (χ4v) is 4.26. The molecule has 1 aromatic carbocycles. The van der Waals surface area contributed by atoms with Crippen molar-refractivity contribution in [1.82, 2.24) is 9.78 Å². The molecule has 2 heterocycles. The highest BCUT2D eigenvalue weighted by atomic mass is 32.2. The van der Waals surface area contributed by atoms with E-state index in [1.807, 2.05) is 23.0 Å². The van der Waals surface area contributed by atoms with Crippen LogP contribution in [0.5, 0.6) is 0 Å². The molecule has 6 heteroatoms. The third kappa shape index (κ3) is 2.68. The van der Waals surface area contributed by atoms with E-state index < -0.39 is 9.84 Å². The van der Waals surface area contributed by atoms with Gasteiger partial charge in [-0.3, -0.25) is 4.68 Å². The van der Waals surface area contributed by atoms with Gasteiger partial charge in [0.15, 0.2) is 9.84 Å². The van der Waals surface area contributed by atoms with E-state index in [0.717, 1.165) is 11.3 Å². The molecule has 5 nitrogen and oxygen atoms in total. The summed E-state index contributed by atoms with van der Waals surface area (Å²) in [5, 5.41) is 7.70. The van der Waals surface area contributed by atoms with Gasteiger partial charge in [0.05, 0.1) is 28.6 Å². The van der Waals surface area contributed by atoms with Gasteiger partial charge in [0, 0.05) is 12.2 Å². The first kappa shape index (κ1) is 14.1. The number of rotatable bonds is 3. The van der Waals surface area contributed by atoms with E-state index in [4.69, 9.17) is 0 Å². The van der Waals surface area contributed by atoms with E-state index in [0.29, 0.717) is 17.4 Å². The van der Waals surface area contributed by atoms with Crippen molar-refractivity contribution >= 4 is 15.5 Å². The lowest BCUT2D eigenvalue weighted by molar-refractivity contribution is 0.532. The minimum Gasteiger partial charge on any atom is -0.376 e. The van der Waals surface area contributed by atoms with Gasteiger partial charge in [0.2, 0.25) is 0 Å². The summed E-state index contributed by atoms with van der Waals surface area (Å²) in [7, 11) is -3.14. The lowest BCUT2D eigenvalue weighted by atomic mass is 10.0. The van der Waals surface area contributed by atoms with Gasteiger partial charge in [-0.25, -0.2) is 8.42 Å².